The molecular weight excluding hydrogens is 250 g/mol. The molecule has 2 fully saturated rings. The first-order valence-corrected chi connectivity index (χ1v) is 7.64. The lowest BCUT2D eigenvalue weighted by Crippen LogP contribution is -2.50. The van der Waals surface area contributed by atoms with Crippen LogP contribution in [0.2, 0.25) is 0 Å². The van der Waals surface area contributed by atoms with E-state index >= 15 is 0 Å². The molecule has 5 heteroatoms. The van der Waals surface area contributed by atoms with Gasteiger partial charge in [0.2, 0.25) is 5.95 Å². The van der Waals surface area contributed by atoms with Crippen molar-refractivity contribution >= 4 is 5.95 Å². The molecular formula is C15H25N5. The standard InChI is InChI=1S/C15H25N5/c1-11-10-20(7-6-19(11)3)15-17-9-13(12(2)18-15)8-16-14-4-5-14/h9,11,14,16H,4-8,10H2,1-3H3. The Labute approximate surface area is 121 Å². The van der Waals surface area contributed by atoms with Crippen molar-refractivity contribution in [3.05, 3.63) is 17.5 Å². The van der Waals surface area contributed by atoms with Crippen LogP contribution in [0.4, 0.5) is 5.95 Å². The molecule has 3 rings (SSSR count). The van der Waals surface area contributed by atoms with Gasteiger partial charge < -0.3 is 15.1 Å². The van der Waals surface area contributed by atoms with Gasteiger partial charge in [-0.05, 0) is 33.7 Å². The van der Waals surface area contributed by atoms with Crippen LogP contribution in [0.5, 0.6) is 0 Å². The van der Waals surface area contributed by atoms with Crippen LogP contribution in [0.3, 0.4) is 0 Å². The van der Waals surface area contributed by atoms with Crippen LogP contribution in [-0.4, -0.2) is 53.6 Å². The molecule has 1 atom stereocenters. The van der Waals surface area contributed by atoms with E-state index in [0.29, 0.717) is 6.04 Å². The summed E-state index contributed by atoms with van der Waals surface area (Å²) >= 11 is 0. The summed E-state index contributed by atoms with van der Waals surface area (Å²) in [6, 6.07) is 1.29. The van der Waals surface area contributed by atoms with Gasteiger partial charge in [-0.3, -0.25) is 0 Å². The lowest BCUT2D eigenvalue weighted by Gasteiger charge is -2.37. The normalized spacial score (nSPS) is 24.1. The molecule has 1 unspecified atom stereocenters. The molecule has 1 N–H and O–H groups in total. The number of likely N-dealkylation sites (N-methyl/N-ethyl adjacent to an activating group) is 1. The molecule has 1 aliphatic carbocycles. The van der Waals surface area contributed by atoms with Gasteiger partial charge in [0, 0.05) is 55.7 Å². The maximum atomic E-state index is 4.71. The molecule has 1 saturated heterocycles. The highest BCUT2D eigenvalue weighted by Crippen LogP contribution is 2.20. The lowest BCUT2D eigenvalue weighted by molar-refractivity contribution is 0.232. The predicted molar refractivity (Wildman–Crippen MR) is 80.9 cm³/mol. The SMILES string of the molecule is Cc1nc(N2CCN(C)C(C)C2)ncc1CNC1CC1. The highest BCUT2D eigenvalue weighted by atomic mass is 15.3. The van der Waals surface area contributed by atoms with E-state index in [1.165, 1.54) is 18.4 Å². The highest BCUT2D eigenvalue weighted by molar-refractivity contribution is 5.34. The van der Waals surface area contributed by atoms with Crippen LogP contribution in [0.15, 0.2) is 6.20 Å². The van der Waals surface area contributed by atoms with Gasteiger partial charge in [0.25, 0.3) is 0 Å². The number of hydrogen-bond donors (Lipinski definition) is 1. The molecule has 0 spiro atoms. The second kappa shape index (κ2) is 5.66. The van der Waals surface area contributed by atoms with E-state index in [1.54, 1.807) is 0 Å². The molecule has 110 valence electrons. The molecule has 1 aromatic rings. The minimum Gasteiger partial charge on any atom is -0.338 e. The van der Waals surface area contributed by atoms with E-state index in [4.69, 9.17) is 4.98 Å². The Morgan fingerprint density at radius 3 is 2.80 bits per heavy atom. The summed E-state index contributed by atoms with van der Waals surface area (Å²) in [4.78, 5) is 14.0. The average Bonchev–Trinajstić information content (AvgIpc) is 3.24. The predicted octanol–water partition coefficient (Wildman–Crippen LogP) is 1.18. The van der Waals surface area contributed by atoms with Crippen LogP contribution in [0.25, 0.3) is 0 Å². The number of aromatic nitrogens is 2. The Hall–Kier alpha value is -1.20. The van der Waals surface area contributed by atoms with Crippen molar-refractivity contribution in [3.8, 4) is 0 Å². The van der Waals surface area contributed by atoms with Crippen LogP contribution >= 0.6 is 0 Å². The van der Waals surface area contributed by atoms with Crippen LogP contribution in [0.1, 0.15) is 31.0 Å². The Morgan fingerprint density at radius 2 is 2.15 bits per heavy atom. The van der Waals surface area contributed by atoms with Crippen molar-refractivity contribution < 1.29 is 0 Å². The molecule has 0 amide bonds. The van der Waals surface area contributed by atoms with Gasteiger partial charge in [-0.1, -0.05) is 0 Å². The molecule has 5 nitrogen and oxygen atoms in total. The summed E-state index contributed by atoms with van der Waals surface area (Å²) in [6.07, 6.45) is 4.63. The number of rotatable bonds is 4. The first-order chi connectivity index (χ1) is 9.63. The quantitative estimate of drug-likeness (QED) is 0.894. The van der Waals surface area contributed by atoms with E-state index in [0.717, 1.165) is 43.9 Å². The van der Waals surface area contributed by atoms with E-state index in [2.05, 4.69) is 41.0 Å². The molecule has 1 aliphatic heterocycles. The molecule has 1 saturated carbocycles. The zero-order valence-corrected chi connectivity index (χ0v) is 12.8. The van der Waals surface area contributed by atoms with Crippen LogP contribution in [0, 0.1) is 6.92 Å². The van der Waals surface area contributed by atoms with E-state index < -0.39 is 0 Å². The second-order valence-electron chi connectivity index (χ2n) is 6.21. The van der Waals surface area contributed by atoms with Crippen molar-refractivity contribution in [2.24, 2.45) is 0 Å². The zero-order chi connectivity index (χ0) is 14.1. The van der Waals surface area contributed by atoms with Gasteiger partial charge in [-0.2, -0.15) is 0 Å². The summed E-state index contributed by atoms with van der Waals surface area (Å²) in [5, 5.41) is 3.53. The van der Waals surface area contributed by atoms with Gasteiger partial charge in [0.1, 0.15) is 0 Å². The van der Waals surface area contributed by atoms with Gasteiger partial charge in [0.05, 0.1) is 0 Å². The summed E-state index contributed by atoms with van der Waals surface area (Å²) in [5.74, 6) is 0.887. The average molecular weight is 275 g/mol. The fourth-order valence-corrected chi connectivity index (χ4v) is 2.58. The van der Waals surface area contributed by atoms with E-state index in [1.807, 2.05) is 6.20 Å². The number of aryl methyl sites for hydroxylation is 1. The van der Waals surface area contributed by atoms with Crippen molar-refractivity contribution in [3.63, 3.8) is 0 Å². The maximum absolute atomic E-state index is 4.71. The van der Waals surface area contributed by atoms with Gasteiger partial charge >= 0.3 is 0 Å². The third kappa shape index (κ3) is 3.10. The Morgan fingerprint density at radius 1 is 1.35 bits per heavy atom. The second-order valence-corrected chi connectivity index (χ2v) is 6.21. The van der Waals surface area contributed by atoms with Crippen LogP contribution in [-0.2, 0) is 6.54 Å². The monoisotopic (exact) mass is 275 g/mol. The third-order valence-electron chi connectivity index (χ3n) is 4.47. The minimum atomic E-state index is 0.559. The Bertz CT molecular complexity index is 471. The fraction of sp³-hybridized carbons (Fsp3) is 0.733. The number of nitrogens with one attached hydrogen (secondary N) is 1. The number of hydrogen-bond acceptors (Lipinski definition) is 5. The van der Waals surface area contributed by atoms with Crippen LogP contribution < -0.4 is 10.2 Å². The molecule has 1 aromatic heterocycles. The Balaban J connectivity index is 1.66. The smallest absolute Gasteiger partial charge is 0.225 e. The zero-order valence-electron chi connectivity index (χ0n) is 12.8. The third-order valence-corrected chi connectivity index (χ3v) is 4.47. The summed E-state index contributed by atoms with van der Waals surface area (Å²) in [7, 11) is 2.18. The van der Waals surface area contributed by atoms with E-state index in [-0.39, 0.29) is 0 Å². The van der Waals surface area contributed by atoms with Crippen molar-refractivity contribution in [1.82, 2.24) is 20.2 Å². The molecule has 0 aromatic carbocycles. The summed E-state index contributed by atoms with van der Waals surface area (Å²) < 4.78 is 0. The van der Waals surface area contributed by atoms with Crippen molar-refractivity contribution in [2.45, 2.75) is 45.3 Å². The van der Waals surface area contributed by atoms with Crippen molar-refractivity contribution in [1.29, 1.82) is 0 Å². The first-order valence-electron chi connectivity index (χ1n) is 7.64. The maximum Gasteiger partial charge on any atom is 0.225 e. The van der Waals surface area contributed by atoms with E-state index in [9.17, 15) is 0 Å². The summed E-state index contributed by atoms with van der Waals surface area (Å²) in [5.41, 5.74) is 2.33. The molecule has 2 aliphatic rings. The molecule has 0 radical (unpaired) electrons. The molecule has 0 bridgehead atoms. The minimum absolute atomic E-state index is 0.559. The van der Waals surface area contributed by atoms with Gasteiger partial charge in [-0.15, -0.1) is 0 Å². The number of anilines is 1. The van der Waals surface area contributed by atoms with Gasteiger partial charge in [0.15, 0.2) is 0 Å². The highest BCUT2D eigenvalue weighted by Gasteiger charge is 2.23. The topological polar surface area (TPSA) is 44.3 Å². The van der Waals surface area contributed by atoms with Gasteiger partial charge in [-0.25, -0.2) is 9.97 Å². The summed E-state index contributed by atoms with van der Waals surface area (Å²) in [6.45, 7) is 8.35. The number of piperazine rings is 1. The van der Waals surface area contributed by atoms with Crippen molar-refractivity contribution in [2.75, 3.05) is 31.6 Å². The Kier molecular flexibility index (Phi) is 3.89. The molecule has 20 heavy (non-hydrogen) atoms. The first kappa shape index (κ1) is 13.8. The lowest BCUT2D eigenvalue weighted by atomic mass is 10.2. The fourth-order valence-electron chi connectivity index (χ4n) is 2.58. The number of nitrogens with zero attached hydrogens (tertiary/aromatic N) is 4. The largest absolute Gasteiger partial charge is 0.338 e. The molecule has 2 heterocycles.